The maximum absolute atomic E-state index is 13.6. The van der Waals surface area contributed by atoms with E-state index in [0.29, 0.717) is 11.8 Å². The zero-order valence-electron chi connectivity index (χ0n) is 11.7. The Bertz CT molecular complexity index is 639. The quantitative estimate of drug-likeness (QED) is 0.919. The van der Waals surface area contributed by atoms with Crippen molar-refractivity contribution in [2.75, 3.05) is 14.2 Å². The molecule has 0 aromatic heterocycles. The first kappa shape index (κ1) is 13.1. The summed E-state index contributed by atoms with van der Waals surface area (Å²) in [6, 6.07) is 11.3. The van der Waals surface area contributed by atoms with Crippen LogP contribution in [0.4, 0.5) is 4.39 Å². The molecule has 2 nitrogen and oxygen atoms in total. The third kappa shape index (κ3) is 2.08. The van der Waals surface area contributed by atoms with E-state index < -0.39 is 0 Å². The van der Waals surface area contributed by atoms with E-state index in [9.17, 15) is 4.39 Å². The Balaban J connectivity index is 2.17. The van der Waals surface area contributed by atoms with E-state index in [4.69, 9.17) is 4.74 Å². The maximum Gasteiger partial charge on any atom is 0.126 e. The normalized spacial score (nSPS) is 17.1. The number of hydrogen-bond donors (Lipinski definition) is 1. The Hall–Kier alpha value is -1.87. The van der Waals surface area contributed by atoms with Gasteiger partial charge in [-0.1, -0.05) is 18.2 Å². The molecule has 0 radical (unpaired) electrons. The monoisotopic (exact) mass is 271 g/mol. The fourth-order valence-corrected chi connectivity index (χ4v) is 3.10. The van der Waals surface area contributed by atoms with E-state index in [1.807, 2.05) is 19.2 Å². The lowest BCUT2D eigenvalue weighted by molar-refractivity contribution is 0.415. The summed E-state index contributed by atoms with van der Waals surface area (Å²) >= 11 is 0. The Morgan fingerprint density at radius 2 is 2.05 bits per heavy atom. The van der Waals surface area contributed by atoms with Crippen LogP contribution in [0.1, 0.15) is 23.6 Å². The number of ether oxygens (including phenoxy) is 1. The van der Waals surface area contributed by atoms with Crippen LogP contribution in [0.3, 0.4) is 0 Å². The molecule has 0 spiro atoms. The van der Waals surface area contributed by atoms with Gasteiger partial charge < -0.3 is 10.1 Å². The number of methoxy groups -OCH3 is 1. The molecule has 0 saturated carbocycles. The molecule has 0 fully saturated rings. The molecule has 2 aromatic carbocycles. The van der Waals surface area contributed by atoms with Crippen molar-refractivity contribution in [1.82, 2.24) is 5.32 Å². The van der Waals surface area contributed by atoms with E-state index in [0.717, 1.165) is 24.0 Å². The standard InChI is InChI=1S/C17H18FNO/c1-19-16-8-7-13-12(4-3-5-14(13)16)15-10-11(18)6-9-17(15)20-2/h3-6,9-10,16,19H,7-8H2,1-2H3. The first-order chi connectivity index (χ1) is 9.74. The van der Waals surface area contributed by atoms with Crippen molar-refractivity contribution in [1.29, 1.82) is 0 Å². The number of halogens is 1. The molecule has 1 N–H and O–H groups in total. The minimum absolute atomic E-state index is 0.235. The van der Waals surface area contributed by atoms with Gasteiger partial charge in [0.1, 0.15) is 11.6 Å². The van der Waals surface area contributed by atoms with Gasteiger partial charge in [-0.05, 0) is 54.8 Å². The van der Waals surface area contributed by atoms with Gasteiger partial charge in [-0.25, -0.2) is 4.39 Å². The SMILES string of the molecule is CNC1CCc2c(-c3cc(F)ccc3OC)cccc21. The van der Waals surface area contributed by atoms with Crippen LogP contribution in [0.2, 0.25) is 0 Å². The number of rotatable bonds is 3. The van der Waals surface area contributed by atoms with Gasteiger partial charge in [0.15, 0.2) is 0 Å². The largest absolute Gasteiger partial charge is 0.496 e. The smallest absolute Gasteiger partial charge is 0.126 e. The average molecular weight is 271 g/mol. The Kier molecular flexibility index (Phi) is 3.45. The van der Waals surface area contributed by atoms with Gasteiger partial charge in [-0.15, -0.1) is 0 Å². The molecular formula is C17H18FNO. The van der Waals surface area contributed by atoms with E-state index in [1.54, 1.807) is 19.2 Å². The lowest BCUT2D eigenvalue weighted by Gasteiger charge is -2.14. The molecule has 3 rings (SSSR count). The summed E-state index contributed by atoms with van der Waals surface area (Å²) in [5.41, 5.74) is 4.53. The minimum atomic E-state index is -0.235. The molecule has 0 saturated heterocycles. The fraction of sp³-hybridized carbons (Fsp3) is 0.294. The zero-order chi connectivity index (χ0) is 14.1. The Labute approximate surface area is 118 Å². The van der Waals surface area contributed by atoms with Crippen molar-refractivity contribution < 1.29 is 9.13 Å². The first-order valence-corrected chi connectivity index (χ1v) is 6.87. The van der Waals surface area contributed by atoms with Gasteiger partial charge in [0.05, 0.1) is 7.11 Å². The van der Waals surface area contributed by atoms with Crippen molar-refractivity contribution in [2.24, 2.45) is 0 Å². The molecule has 3 heteroatoms. The molecular weight excluding hydrogens is 253 g/mol. The van der Waals surface area contributed by atoms with Crippen LogP contribution in [0.15, 0.2) is 36.4 Å². The van der Waals surface area contributed by atoms with E-state index in [-0.39, 0.29) is 5.82 Å². The Morgan fingerprint density at radius 1 is 1.20 bits per heavy atom. The van der Waals surface area contributed by atoms with Crippen molar-refractivity contribution in [2.45, 2.75) is 18.9 Å². The van der Waals surface area contributed by atoms with Crippen LogP contribution in [0, 0.1) is 5.82 Å². The average Bonchev–Trinajstić information content (AvgIpc) is 2.90. The van der Waals surface area contributed by atoms with Crippen LogP contribution in [0.25, 0.3) is 11.1 Å². The molecule has 0 bridgehead atoms. The van der Waals surface area contributed by atoms with Gasteiger partial charge in [0, 0.05) is 11.6 Å². The van der Waals surface area contributed by atoms with Gasteiger partial charge >= 0.3 is 0 Å². The molecule has 1 aliphatic rings. The fourth-order valence-electron chi connectivity index (χ4n) is 3.10. The Morgan fingerprint density at radius 3 is 2.80 bits per heavy atom. The molecule has 1 unspecified atom stereocenters. The third-order valence-corrected chi connectivity index (χ3v) is 4.07. The molecule has 20 heavy (non-hydrogen) atoms. The molecule has 104 valence electrons. The van der Waals surface area contributed by atoms with Crippen LogP contribution in [-0.4, -0.2) is 14.2 Å². The second-order valence-electron chi connectivity index (χ2n) is 5.10. The summed E-state index contributed by atoms with van der Waals surface area (Å²) in [4.78, 5) is 0. The summed E-state index contributed by atoms with van der Waals surface area (Å²) in [6.07, 6.45) is 2.09. The predicted molar refractivity (Wildman–Crippen MR) is 78.5 cm³/mol. The number of benzene rings is 2. The second kappa shape index (κ2) is 5.25. The predicted octanol–water partition coefficient (Wildman–Crippen LogP) is 3.71. The first-order valence-electron chi connectivity index (χ1n) is 6.87. The summed E-state index contributed by atoms with van der Waals surface area (Å²) in [5, 5.41) is 3.33. The van der Waals surface area contributed by atoms with Crippen molar-refractivity contribution in [3.63, 3.8) is 0 Å². The van der Waals surface area contributed by atoms with Crippen LogP contribution in [-0.2, 0) is 6.42 Å². The van der Waals surface area contributed by atoms with Crippen molar-refractivity contribution in [3.8, 4) is 16.9 Å². The summed E-state index contributed by atoms with van der Waals surface area (Å²) in [7, 11) is 3.60. The van der Waals surface area contributed by atoms with Crippen LogP contribution < -0.4 is 10.1 Å². The number of nitrogens with one attached hydrogen (secondary N) is 1. The van der Waals surface area contributed by atoms with E-state index in [1.165, 1.54) is 17.2 Å². The molecule has 0 amide bonds. The van der Waals surface area contributed by atoms with Gasteiger partial charge in [0.2, 0.25) is 0 Å². The third-order valence-electron chi connectivity index (χ3n) is 4.07. The lowest BCUT2D eigenvalue weighted by atomic mass is 9.95. The highest BCUT2D eigenvalue weighted by molar-refractivity contribution is 5.75. The molecule has 2 aromatic rings. The highest BCUT2D eigenvalue weighted by Gasteiger charge is 2.24. The lowest BCUT2D eigenvalue weighted by Crippen LogP contribution is -2.12. The van der Waals surface area contributed by atoms with E-state index >= 15 is 0 Å². The van der Waals surface area contributed by atoms with Crippen LogP contribution in [0.5, 0.6) is 5.75 Å². The second-order valence-corrected chi connectivity index (χ2v) is 5.10. The maximum atomic E-state index is 13.6. The highest BCUT2D eigenvalue weighted by Crippen LogP contribution is 2.40. The van der Waals surface area contributed by atoms with Crippen molar-refractivity contribution in [3.05, 3.63) is 53.3 Å². The molecule has 0 aliphatic heterocycles. The van der Waals surface area contributed by atoms with Gasteiger partial charge in [0.25, 0.3) is 0 Å². The highest BCUT2D eigenvalue weighted by atomic mass is 19.1. The summed E-state index contributed by atoms with van der Waals surface area (Å²) in [5.74, 6) is 0.481. The molecule has 1 aliphatic carbocycles. The van der Waals surface area contributed by atoms with E-state index in [2.05, 4.69) is 11.4 Å². The van der Waals surface area contributed by atoms with Crippen LogP contribution >= 0.6 is 0 Å². The summed E-state index contributed by atoms with van der Waals surface area (Å²) < 4.78 is 19.0. The number of hydrogen-bond acceptors (Lipinski definition) is 2. The molecule has 0 heterocycles. The van der Waals surface area contributed by atoms with Crippen molar-refractivity contribution >= 4 is 0 Å². The number of fused-ring (bicyclic) bond motifs is 1. The topological polar surface area (TPSA) is 21.3 Å². The summed E-state index contributed by atoms with van der Waals surface area (Å²) in [6.45, 7) is 0. The molecule has 1 atom stereocenters. The minimum Gasteiger partial charge on any atom is -0.496 e. The zero-order valence-corrected chi connectivity index (χ0v) is 11.7. The van der Waals surface area contributed by atoms with Gasteiger partial charge in [-0.2, -0.15) is 0 Å². The van der Waals surface area contributed by atoms with Gasteiger partial charge in [-0.3, -0.25) is 0 Å².